The highest BCUT2D eigenvalue weighted by Crippen LogP contribution is 2.36. The predicted octanol–water partition coefficient (Wildman–Crippen LogP) is 2.38. The summed E-state index contributed by atoms with van der Waals surface area (Å²) in [5.41, 5.74) is 1.21. The van der Waals surface area contributed by atoms with Crippen LogP contribution < -0.4 is 0 Å². The standard InChI is InChI=1S/C21H27N3O3S/c25-28(26,20-6-2-1-3-7-20)24-11-8-21(9-12-24)17-23(13-14-27-18-21)16-19-5-4-10-22-15-19/h1-7,10,15H,8-9,11-14,16-18H2. The molecule has 2 fully saturated rings. The minimum atomic E-state index is -3.42. The van der Waals surface area contributed by atoms with Crippen molar-refractivity contribution in [2.45, 2.75) is 24.3 Å². The first-order valence-electron chi connectivity index (χ1n) is 9.82. The molecule has 0 saturated carbocycles. The van der Waals surface area contributed by atoms with Crippen molar-refractivity contribution in [1.29, 1.82) is 0 Å². The molecule has 0 atom stereocenters. The lowest BCUT2D eigenvalue weighted by molar-refractivity contribution is 0.0307. The van der Waals surface area contributed by atoms with Crippen LogP contribution >= 0.6 is 0 Å². The zero-order chi connectivity index (χ0) is 19.5. The smallest absolute Gasteiger partial charge is 0.243 e. The molecule has 0 amide bonds. The minimum Gasteiger partial charge on any atom is -0.379 e. The maximum atomic E-state index is 12.9. The lowest BCUT2D eigenvalue weighted by atomic mass is 9.79. The molecule has 1 aromatic heterocycles. The summed E-state index contributed by atoms with van der Waals surface area (Å²) in [6, 6.07) is 12.8. The second kappa shape index (κ2) is 8.29. The zero-order valence-electron chi connectivity index (χ0n) is 16.0. The summed E-state index contributed by atoms with van der Waals surface area (Å²) >= 11 is 0. The van der Waals surface area contributed by atoms with Crippen LogP contribution in [0.3, 0.4) is 0 Å². The summed E-state index contributed by atoms with van der Waals surface area (Å²) < 4.78 is 33.4. The third-order valence-electron chi connectivity index (χ3n) is 5.81. The van der Waals surface area contributed by atoms with Gasteiger partial charge < -0.3 is 4.74 Å². The van der Waals surface area contributed by atoms with Gasteiger partial charge in [-0.15, -0.1) is 0 Å². The van der Waals surface area contributed by atoms with Crippen molar-refractivity contribution in [1.82, 2.24) is 14.2 Å². The van der Waals surface area contributed by atoms with E-state index in [1.54, 1.807) is 34.8 Å². The van der Waals surface area contributed by atoms with Gasteiger partial charge in [0.15, 0.2) is 0 Å². The summed E-state index contributed by atoms with van der Waals surface area (Å²) in [6.45, 7) is 5.18. The second-order valence-electron chi connectivity index (χ2n) is 7.84. The molecule has 1 aromatic carbocycles. The van der Waals surface area contributed by atoms with Crippen LogP contribution in [0.5, 0.6) is 0 Å². The molecule has 0 radical (unpaired) electrons. The predicted molar refractivity (Wildman–Crippen MR) is 107 cm³/mol. The fourth-order valence-electron chi connectivity index (χ4n) is 4.21. The third kappa shape index (κ3) is 4.27. The molecule has 2 aliphatic heterocycles. The summed E-state index contributed by atoms with van der Waals surface area (Å²) in [5, 5.41) is 0. The van der Waals surface area contributed by atoms with Gasteiger partial charge in [-0.2, -0.15) is 4.31 Å². The lowest BCUT2D eigenvalue weighted by Crippen LogP contribution is -2.48. The van der Waals surface area contributed by atoms with Crippen LogP contribution in [0.2, 0.25) is 0 Å². The Hall–Kier alpha value is -1.80. The van der Waals surface area contributed by atoms with Gasteiger partial charge in [-0.3, -0.25) is 9.88 Å². The van der Waals surface area contributed by atoms with E-state index >= 15 is 0 Å². The number of sulfonamides is 1. The Morgan fingerprint density at radius 1 is 1.04 bits per heavy atom. The zero-order valence-corrected chi connectivity index (χ0v) is 16.9. The molecule has 4 rings (SSSR count). The average molecular weight is 402 g/mol. The Morgan fingerprint density at radius 2 is 1.82 bits per heavy atom. The molecule has 3 heterocycles. The molecule has 7 heteroatoms. The molecule has 0 aliphatic carbocycles. The van der Waals surface area contributed by atoms with E-state index < -0.39 is 10.0 Å². The van der Waals surface area contributed by atoms with Crippen molar-refractivity contribution in [2.24, 2.45) is 5.41 Å². The van der Waals surface area contributed by atoms with E-state index in [4.69, 9.17) is 4.74 Å². The number of benzene rings is 1. The van der Waals surface area contributed by atoms with E-state index in [1.807, 2.05) is 18.3 Å². The Labute approximate surface area is 167 Å². The number of ether oxygens (including phenoxy) is 1. The first-order chi connectivity index (χ1) is 13.6. The lowest BCUT2D eigenvalue weighted by Gasteiger charge is -2.42. The van der Waals surface area contributed by atoms with Crippen molar-refractivity contribution in [3.8, 4) is 0 Å². The maximum Gasteiger partial charge on any atom is 0.243 e. The fourth-order valence-corrected chi connectivity index (χ4v) is 5.67. The quantitative estimate of drug-likeness (QED) is 0.787. The Bertz CT molecular complexity index is 866. The molecular formula is C21H27N3O3S. The normalized spacial score (nSPS) is 21.4. The highest BCUT2D eigenvalue weighted by atomic mass is 32.2. The molecule has 2 aliphatic rings. The molecule has 28 heavy (non-hydrogen) atoms. The molecule has 2 saturated heterocycles. The van der Waals surface area contributed by atoms with Crippen LogP contribution in [0.4, 0.5) is 0 Å². The van der Waals surface area contributed by atoms with Gasteiger partial charge in [-0.1, -0.05) is 24.3 Å². The fraction of sp³-hybridized carbons (Fsp3) is 0.476. The SMILES string of the molecule is O=S(=O)(c1ccccc1)N1CCC2(CC1)COCCN(Cc1cccnc1)C2. The Balaban J connectivity index is 1.43. The first kappa shape index (κ1) is 19.5. The van der Waals surface area contributed by atoms with Gasteiger partial charge in [-0.25, -0.2) is 8.42 Å². The number of nitrogens with zero attached hydrogens (tertiary/aromatic N) is 3. The van der Waals surface area contributed by atoms with E-state index in [9.17, 15) is 8.42 Å². The monoisotopic (exact) mass is 401 g/mol. The topological polar surface area (TPSA) is 62.7 Å². The van der Waals surface area contributed by atoms with Crippen molar-refractivity contribution < 1.29 is 13.2 Å². The number of hydrogen-bond acceptors (Lipinski definition) is 5. The number of piperidine rings is 1. The van der Waals surface area contributed by atoms with Gasteiger partial charge in [-0.05, 0) is 36.6 Å². The maximum absolute atomic E-state index is 12.9. The Morgan fingerprint density at radius 3 is 2.54 bits per heavy atom. The summed E-state index contributed by atoms with van der Waals surface area (Å²) in [5.74, 6) is 0. The number of hydrogen-bond donors (Lipinski definition) is 0. The number of aromatic nitrogens is 1. The van der Waals surface area contributed by atoms with Crippen LogP contribution in [0, 0.1) is 5.41 Å². The third-order valence-corrected chi connectivity index (χ3v) is 7.73. The van der Waals surface area contributed by atoms with Crippen LogP contribution in [0.25, 0.3) is 0 Å². The molecule has 150 valence electrons. The van der Waals surface area contributed by atoms with Crippen molar-refractivity contribution >= 4 is 10.0 Å². The van der Waals surface area contributed by atoms with Crippen LogP contribution in [-0.4, -0.2) is 62.0 Å². The minimum absolute atomic E-state index is 0.0153. The van der Waals surface area contributed by atoms with Crippen molar-refractivity contribution in [2.75, 3.05) is 39.4 Å². The Kier molecular flexibility index (Phi) is 5.78. The molecule has 0 unspecified atom stereocenters. The van der Waals surface area contributed by atoms with Crippen LogP contribution in [0.1, 0.15) is 18.4 Å². The van der Waals surface area contributed by atoms with Crippen LogP contribution in [-0.2, 0) is 21.3 Å². The van der Waals surface area contributed by atoms with E-state index in [1.165, 1.54) is 5.56 Å². The van der Waals surface area contributed by atoms with Crippen molar-refractivity contribution in [3.63, 3.8) is 0 Å². The van der Waals surface area contributed by atoms with E-state index in [-0.39, 0.29) is 5.41 Å². The molecule has 0 N–H and O–H groups in total. The first-order valence-corrected chi connectivity index (χ1v) is 11.3. The van der Waals surface area contributed by atoms with Gasteiger partial charge in [0.05, 0.1) is 18.1 Å². The van der Waals surface area contributed by atoms with Gasteiger partial charge in [0.25, 0.3) is 0 Å². The van der Waals surface area contributed by atoms with Gasteiger partial charge in [0.2, 0.25) is 10.0 Å². The molecule has 1 spiro atoms. The van der Waals surface area contributed by atoms with Gasteiger partial charge >= 0.3 is 0 Å². The number of pyridine rings is 1. The van der Waals surface area contributed by atoms with E-state index in [0.29, 0.717) is 31.2 Å². The van der Waals surface area contributed by atoms with E-state index in [2.05, 4.69) is 16.0 Å². The second-order valence-corrected chi connectivity index (χ2v) is 9.78. The van der Waals surface area contributed by atoms with Gasteiger partial charge in [0, 0.05) is 50.5 Å². The van der Waals surface area contributed by atoms with Crippen molar-refractivity contribution in [3.05, 3.63) is 60.4 Å². The number of rotatable bonds is 4. The molecular weight excluding hydrogens is 374 g/mol. The molecule has 2 aromatic rings. The molecule has 0 bridgehead atoms. The van der Waals surface area contributed by atoms with Crippen LogP contribution in [0.15, 0.2) is 59.8 Å². The van der Waals surface area contributed by atoms with E-state index in [0.717, 1.165) is 32.5 Å². The summed E-state index contributed by atoms with van der Waals surface area (Å²) in [4.78, 5) is 7.01. The highest BCUT2D eigenvalue weighted by Gasteiger charge is 2.40. The van der Waals surface area contributed by atoms with Gasteiger partial charge in [0.1, 0.15) is 0 Å². The highest BCUT2D eigenvalue weighted by molar-refractivity contribution is 7.89. The summed E-state index contributed by atoms with van der Waals surface area (Å²) in [6.07, 6.45) is 5.35. The largest absolute Gasteiger partial charge is 0.379 e. The molecule has 6 nitrogen and oxygen atoms in total. The average Bonchev–Trinajstić information content (AvgIpc) is 2.92. The summed E-state index contributed by atoms with van der Waals surface area (Å²) in [7, 11) is -3.42.